The molecule has 0 saturated heterocycles. The zero-order chi connectivity index (χ0) is 8.10. The normalized spacial score (nSPS) is 10.0. The number of halogens is 1. The summed E-state index contributed by atoms with van der Waals surface area (Å²) in [5.41, 5.74) is 1.38. The van der Waals surface area contributed by atoms with Gasteiger partial charge in [-0.2, -0.15) is 0 Å². The molecular weight excluding hydrogens is 176 g/mol. The van der Waals surface area contributed by atoms with Crippen LogP contribution in [0.3, 0.4) is 0 Å². The van der Waals surface area contributed by atoms with Gasteiger partial charge in [-0.15, -0.1) is 23.4 Å². The molecule has 60 valence electrons. The Labute approximate surface area is 77.0 Å². The Morgan fingerprint density at radius 1 is 1.45 bits per heavy atom. The Kier molecular flexibility index (Phi) is 3.81. The topological polar surface area (TPSA) is 0 Å². The maximum atomic E-state index is 5.59. The van der Waals surface area contributed by atoms with E-state index in [9.17, 15) is 0 Å². The van der Waals surface area contributed by atoms with Crippen molar-refractivity contribution in [2.75, 3.05) is 5.21 Å². The molecule has 0 aromatic heterocycles. The van der Waals surface area contributed by atoms with Gasteiger partial charge in [-0.1, -0.05) is 19.1 Å². The average molecular weight is 187 g/mol. The minimum absolute atomic E-state index is 0.632. The van der Waals surface area contributed by atoms with Crippen LogP contribution >= 0.6 is 23.4 Å². The lowest BCUT2D eigenvalue weighted by Gasteiger charge is -1.99. The molecule has 1 aromatic rings. The van der Waals surface area contributed by atoms with E-state index in [1.54, 1.807) is 11.8 Å². The highest BCUT2D eigenvalue weighted by molar-refractivity contribution is 8.00. The van der Waals surface area contributed by atoms with Gasteiger partial charge in [0.15, 0.2) is 0 Å². The third kappa shape index (κ3) is 2.76. The molecule has 2 heteroatoms. The van der Waals surface area contributed by atoms with Gasteiger partial charge in [0.2, 0.25) is 0 Å². The first-order chi connectivity index (χ1) is 5.36. The number of rotatable bonds is 3. The molecule has 0 radical (unpaired) electrons. The third-order valence-corrected chi connectivity index (χ3v) is 2.55. The molecule has 1 aromatic carbocycles. The fraction of sp³-hybridized carbons (Fsp3) is 0.333. The monoisotopic (exact) mass is 186 g/mol. The van der Waals surface area contributed by atoms with Gasteiger partial charge >= 0.3 is 0 Å². The molecule has 0 spiro atoms. The molecule has 0 unspecified atom stereocenters. The molecular formula is C9H11ClS. The van der Waals surface area contributed by atoms with Gasteiger partial charge in [-0.05, 0) is 24.1 Å². The maximum Gasteiger partial charge on any atom is 0.0727 e. The number of alkyl halides is 1. The fourth-order valence-corrected chi connectivity index (χ4v) is 1.83. The van der Waals surface area contributed by atoms with Crippen LogP contribution in [0.15, 0.2) is 29.2 Å². The van der Waals surface area contributed by atoms with Crippen LogP contribution in [0.5, 0.6) is 0 Å². The minimum Gasteiger partial charge on any atom is -0.114 e. The van der Waals surface area contributed by atoms with E-state index in [-0.39, 0.29) is 0 Å². The third-order valence-electron chi connectivity index (χ3n) is 1.53. The molecule has 0 atom stereocenters. The van der Waals surface area contributed by atoms with Crippen LogP contribution in [-0.2, 0) is 6.42 Å². The Bertz CT molecular complexity index is 223. The summed E-state index contributed by atoms with van der Waals surface area (Å²) in [6, 6.07) is 8.49. The zero-order valence-corrected chi connectivity index (χ0v) is 8.08. The summed E-state index contributed by atoms with van der Waals surface area (Å²) in [6.45, 7) is 2.16. The van der Waals surface area contributed by atoms with Gasteiger partial charge in [0.1, 0.15) is 0 Å². The van der Waals surface area contributed by atoms with E-state index >= 15 is 0 Å². The predicted molar refractivity (Wildman–Crippen MR) is 52.4 cm³/mol. The molecule has 0 amide bonds. The summed E-state index contributed by atoms with van der Waals surface area (Å²) in [5, 5.41) is 0.632. The number of aryl methyl sites for hydroxylation is 1. The van der Waals surface area contributed by atoms with E-state index in [4.69, 9.17) is 11.6 Å². The lowest BCUT2D eigenvalue weighted by molar-refractivity contribution is 1.12. The van der Waals surface area contributed by atoms with Gasteiger partial charge in [0.25, 0.3) is 0 Å². The molecule has 0 aliphatic heterocycles. The van der Waals surface area contributed by atoms with Crippen LogP contribution in [0, 0.1) is 0 Å². The lowest BCUT2D eigenvalue weighted by atomic mass is 10.2. The van der Waals surface area contributed by atoms with Crippen LogP contribution < -0.4 is 0 Å². The van der Waals surface area contributed by atoms with Crippen molar-refractivity contribution >= 4 is 23.4 Å². The molecule has 0 aliphatic carbocycles. The lowest BCUT2D eigenvalue weighted by Crippen LogP contribution is -1.79. The average Bonchev–Trinajstić information content (AvgIpc) is 2.06. The fourth-order valence-electron chi connectivity index (χ4n) is 0.918. The van der Waals surface area contributed by atoms with Gasteiger partial charge in [0, 0.05) is 4.90 Å². The molecule has 0 aliphatic rings. The van der Waals surface area contributed by atoms with Gasteiger partial charge in [-0.3, -0.25) is 0 Å². The molecule has 0 saturated carbocycles. The van der Waals surface area contributed by atoms with E-state index in [2.05, 4.69) is 31.2 Å². The Balaban J connectivity index is 2.74. The van der Waals surface area contributed by atoms with Crippen molar-refractivity contribution in [3.8, 4) is 0 Å². The highest BCUT2D eigenvalue weighted by atomic mass is 35.5. The van der Waals surface area contributed by atoms with Crippen molar-refractivity contribution in [1.82, 2.24) is 0 Å². The quantitative estimate of drug-likeness (QED) is 0.514. The summed E-state index contributed by atoms with van der Waals surface area (Å²) in [6.07, 6.45) is 1.09. The summed E-state index contributed by atoms with van der Waals surface area (Å²) in [7, 11) is 0. The van der Waals surface area contributed by atoms with Crippen molar-refractivity contribution in [3.05, 3.63) is 29.8 Å². The van der Waals surface area contributed by atoms with E-state index in [0.717, 1.165) is 6.42 Å². The molecule has 0 fully saturated rings. The van der Waals surface area contributed by atoms with E-state index in [1.165, 1.54) is 10.5 Å². The first-order valence-electron chi connectivity index (χ1n) is 3.64. The molecule has 0 heterocycles. The largest absolute Gasteiger partial charge is 0.114 e. The number of hydrogen-bond donors (Lipinski definition) is 0. The number of benzene rings is 1. The Morgan fingerprint density at radius 3 is 2.91 bits per heavy atom. The molecule has 1 rings (SSSR count). The zero-order valence-electron chi connectivity index (χ0n) is 6.51. The molecule has 0 N–H and O–H groups in total. The van der Waals surface area contributed by atoms with E-state index in [1.807, 2.05) is 0 Å². The molecule has 11 heavy (non-hydrogen) atoms. The summed E-state index contributed by atoms with van der Waals surface area (Å²) >= 11 is 7.26. The summed E-state index contributed by atoms with van der Waals surface area (Å²) < 4.78 is 0. The second-order valence-corrected chi connectivity index (χ2v) is 3.89. The van der Waals surface area contributed by atoms with Gasteiger partial charge in [0.05, 0.1) is 5.21 Å². The van der Waals surface area contributed by atoms with Crippen molar-refractivity contribution in [2.24, 2.45) is 0 Å². The first kappa shape index (κ1) is 8.95. The van der Waals surface area contributed by atoms with Crippen molar-refractivity contribution < 1.29 is 0 Å². The van der Waals surface area contributed by atoms with Crippen LogP contribution in [-0.4, -0.2) is 5.21 Å². The standard InChI is InChI=1S/C9H11ClS/c1-2-8-4-3-5-9(6-8)11-7-10/h3-6H,2,7H2,1H3. The summed E-state index contributed by atoms with van der Waals surface area (Å²) in [5.74, 6) is 0. The first-order valence-corrected chi connectivity index (χ1v) is 5.16. The van der Waals surface area contributed by atoms with Gasteiger partial charge < -0.3 is 0 Å². The Morgan fingerprint density at radius 2 is 2.27 bits per heavy atom. The maximum absolute atomic E-state index is 5.59. The number of hydrogen-bond acceptors (Lipinski definition) is 1. The van der Waals surface area contributed by atoms with Crippen molar-refractivity contribution in [3.63, 3.8) is 0 Å². The van der Waals surface area contributed by atoms with E-state index in [0.29, 0.717) is 5.21 Å². The molecule has 0 bridgehead atoms. The van der Waals surface area contributed by atoms with Crippen molar-refractivity contribution in [1.29, 1.82) is 0 Å². The van der Waals surface area contributed by atoms with Crippen LogP contribution in [0.1, 0.15) is 12.5 Å². The van der Waals surface area contributed by atoms with Crippen LogP contribution in [0.25, 0.3) is 0 Å². The molecule has 0 nitrogen and oxygen atoms in total. The second-order valence-electron chi connectivity index (χ2n) is 2.25. The Hall–Kier alpha value is -0.140. The highest BCUT2D eigenvalue weighted by Crippen LogP contribution is 2.19. The minimum atomic E-state index is 0.632. The van der Waals surface area contributed by atoms with Gasteiger partial charge in [-0.25, -0.2) is 0 Å². The van der Waals surface area contributed by atoms with Crippen LogP contribution in [0.2, 0.25) is 0 Å². The SMILES string of the molecule is CCc1cccc(SCCl)c1. The van der Waals surface area contributed by atoms with Crippen LogP contribution in [0.4, 0.5) is 0 Å². The highest BCUT2D eigenvalue weighted by Gasteiger charge is 1.92. The van der Waals surface area contributed by atoms with E-state index < -0.39 is 0 Å². The summed E-state index contributed by atoms with van der Waals surface area (Å²) in [4.78, 5) is 1.26. The number of thioether (sulfide) groups is 1. The predicted octanol–water partition coefficient (Wildman–Crippen LogP) is 3.54. The van der Waals surface area contributed by atoms with Crippen molar-refractivity contribution in [2.45, 2.75) is 18.2 Å². The second kappa shape index (κ2) is 4.68. The smallest absolute Gasteiger partial charge is 0.0727 e.